The first-order chi connectivity index (χ1) is 6.68. The summed E-state index contributed by atoms with van der Waals surface area (Å²) in [5.41, 5.74) is 0. The maximum atomic E-state index is 4.18. The summed E-state index contributed by atoms with van der Waals surface area (Å²) in [7, 11) is 0. The molecule has 0 fully saturated rings. The molecule has 0 rings (SSSR count). The van der Waals surface area contributed by atoms with Gasteiger partial charge in [0.25, 0.3) is 0 Å². The molecule has 0 saturated carbocycles. The minimum atomic E-state index is -1.51. The van der Waals surface area contributed by atoms with Crippen LogP contribution in [0.4, 0.5) is 0 Å². The van der Waals surface area contributed by atoms with E-state index >= 15 is 0 Å². The van der Waals surface area contributed by atoms with E-state index in [1.807, 2.05) is 0 Å². The predicted octanol–water partition coefficient (Wildman–Crippen LogP) is 5.73. The number of hydrogen-bond acceptors (Lipinski definition) is 0. The summed E-state index contributed by atoms with van der Waals surface area (Å²) in [5, 5.41) is 4.66. The van der Waals surface area contributed by atoms with Gasteiger partial charge in [0.15, 0.2) is 0 Å². The predicted molar refractivity (Wildman–Crippen MR) is 73.8 cm³/mol. The number of hydrogen-bond donors (Lipinski definition) is 0. The van der Waals surface area contributed by atoms with Crippen molar-refractivity contribution < 1.29 is 0 Å². The Balaban J connectivity index is 3.89. The molecular weight excluding hydrogens is 297 g/mol. The molecule has 0 aromatic rings. The van der Waals surface area contributed by atoms with Crippen LogP contribution in [-0.2, 0) is 0 Å². The summed E-state index contributed by atoms with van der Waals surface area (Å²) in [4.78, 5) is 0. The van der Waals surface area contributed by atoms with Gasteiger partial charge in [-0.1, -0.05) is 0 Å². The van der Waals surface area contributed by atoms with E-state index in [0.29, 0.717) is 0 Å². The van der Waals surface area contributed by atoms with Crippen molar-refractivity contribution in [2.75, 3.05) is 0 Å². The fourth-order valence-corrected chi connectivity index (χ4v) is 14.0. The Bertz CT molecular complexity index is 104. The summed E-state index contributed by atoms with van der Waals surface area (Å²) < 4.78 is 0. The quantitative estimate of drug-likeness (QED) is 0.475. The molecule has 2 heteroatoms. The van der Waals surface area contributed by atoms with Crippen molar-refractivity contribution in [1.82, 2.24) is 0 Å². The van der Waals surface area contributed by atoms with Crippen LogP contribution >= 0.6 is 14.0 Å². The summed E-state index contributed by atoms with van der Waals surface area (Å²) in [6.07, 6.45) is 8.49. The standard InChI is InChI=1S/C12H27BrGe/c1-4-7-10-14(13,11-8-5-2)12-9-6-3/h4-12H2,1-3H3. The van der Waals surface area contributed by atoms with E-state index < -0.39 is 11.4 Å². The molecule has 0 N–H and O–H groups in total. The van der Waals surface area contributed by atoms with Crippen LogP contribution in [0, 0.1) is 0 Å². The summed E-state index contributed by atoms with van der Waals surface area (Å²) >= 11 is 2.66. The molecule has 0 aromatic heterocycles. The molecule has 86 valence electrons. The number of unbranched alkanes of at least 4 members (excludes halogenated alkanes) is 3. The van der Waals surface area contributed by atoms with Gasteiger partial charge in [-0.05, 0) is 0 Å². The van der Waals surface area contributed by atoms with Crippen molar-refractivity contribution in [3.63, 3.8) is 0 Å². The third-order valence-electron chi connectivity index (χ3n) is 2.94. The Labute approximate surface area is 100 Å². The first-order valence-electron chi connectivity index (χ1n) is 6.37. The number of halogens is 1. The van der Waals surface area contributed by atoms with Crippen LogP contribution in [0.1, 0.15) is 59.3 Å². The van der Waals surface area contributed by atoms with Crippen molar-refractivity contribution in [2.24, 2.45) is 0 Å². The summed E-state index contributed by atoms with van der Waals surface area (Å²) in [5.74, 6) is 0. The second kappa shape index (κ2) is 9.26. The molecule has 14 heavy (non-hydrogen) atoms. The first kappa shape index (κ1) is 15.0. The third-order valence-corrected chi connectivity index (χ3v) is 17.0. The molecule has 0 unspecified atom stereocenters. The Morgan fingerprint density at radius 1 is 0.714 bits per heavy atom. The summed E-state index contributed by atoms with van der Waals surface area (Å²) in [6.45, 7) is 6.94. The SMILES string of the molecule is CCC[CH2][Ge]([Br])([CH2]CCC)[CH2]CCC. The zero-order chi connectivity index (χ0) is 10.9. The van der Waals surface area contributed by atoms with E-state index in [9.17, 15) is 0 Å². The van der Waals surface area contributed by atoms with Crippen molar-refractivity contribution in [2.45, 2.75) is 75.1 Å². The van der Waals surface area contributed by atoms with Crippen LogP contribution < -0.4 is 0 Å². The van der Waals surface area contributed by atoms with Gasteiger partial charge in [-0.2, -0.15) is 0 Å². The fourth-order valence-electron chi connectivity index (χ4n) is 1.86. The third kappa shape index (κ3) is 7.33. The van der Waals surface area contributed by atoms with Gasteiger partial charge >= 0.3 is 100 Å². The van der Waals surface area contributed by atoms with E-state index in [4.69, 9.17) is 0 Å². The Morgan fingerprint density at radius 3 is 1.21 bits per heavy atom. The molecule has 0 nitrogen and oxygen atoms in total. The van der Waals surface area contributed by atoms with Gasteiger partial charge in [0.2, 0.25) is 0 Å². The van der Waals surface area contributed by atoms with Crippen LogP contribution in [0.2, 0.25) is 15.8 Å². The van der Waals surface area contributed by atoms with Gasteiger partial charge < -0.3 is 0 Å². The number of rotatable bonds is 9. The zero-order valence-electron chi connectivity index (χ0n) is 10.2. The van der Waals surface area contributed by atoms with E-state index in [0.717, 1.165) is 0 Å². The van der Waals surface area contributed by atoms with E-state index in [1.165, 1.54) is 38.5 Å². The molecule has 0 spiro atoms. The molecule has 0 aliphatic carbocycles. The summed E-state index contributed by atoms with van der Waals surface area (Å²) in [6, 6.07) is 0. The zero-order valence-corrected chi connectivity index (χ0v) is 13.9. The minimum absolute atomic E-state index is 1.37. The van der Waals surface area contributed by atoms with Crippen LogP contribution in [0.3, 0.4) is 0 Å². The van der Waals surface area contributed by atoms with Crippen molar-refractivity contribution in [3.8, 4) is 0 Å². The Kier molecular flexibility index (Phi) is 9.94. The van der Waals surface area contributed by atoms with Gasteiger partial charge in [0, 0.05) is 0 Å². The van der Waals surface area contributed by atoms with Gasteiger partial charge in [-0.25, -0.2) is 0 Å². The maximum absolute atomic E-state index is 4.18. The molecule has 0 heterocycles. The molecule has 0 aromatic carbocycles. The average Bonchev–Trinajstić information content (AvgIpc) is 2.21. The van der Waals surface area contributed by atoms with E-state index in [-0.39, 0.29) is 0 Å². The van der Waals surface area contributed by atoms with E-state index in [1.54, 1.807) is 15.8 Å². The topological polar surface area (TPSA) is 0 Å². The first-order valence-corrected chi connectivity index (χ1v) is 15.7. The van der Waals surface area contributed by atoms with Gasteiger partial charge in [0.05, 0.1) is 0 Å². The van der Waals surface area contributed by atoms with Crippen LogP contribution in [0.25, 0.3) is 0 Å². The monoisotopic (exact) mass is 324 g/mol. The fraction of sp³-hybridized carbons (Fsp3) is 1.00. The normalized spacial score (nSPS) is 12.0. The van der Waals surface area contributed by atoms with Gasteiger partial charge in [-0.15, -0.1) is 0 Å². The van der Waals surface area contributed by atoms with E-state index in [2.05, 4.69) is 34.8 Å². The Morgan fingerprint density at radius 2 is 1.00 bits per heavy atom. The second-order valence-electron chi connectivity index (χ2n) is 4.46. The molecule has 0 radical (unpaired) electrons. The Hall–Kier alpha value is 1.02. The molecule has 0 aliphatic heterocycles. The van der Waals surface area contributed by atoms with Crippen molar-refractivity contribution in [1.29, 1.82) is 0 Å². The molecule has 0 bridgehead atoms. The van der Waals surface area contributed by atoms with Gasteiger partial charge in [-0.3, -0.25) is 0 Å². The molecule has 0 amide bonds. The second-order valence-corrected chi connectivity index (χ2v) is 21.2. The van der Waals surface area contributed by atoms with Gasteiger partial charge in [0.1, 0.15) is 0 Å². The molecule has 0 saturated heterocycles. The molecular formula is C12H27BrGe. The van der Waals surface area contributed by atoms with Crippen LogP contribution in [0.15, 0.2) is 0 Å². The molecule has 0 aliphatic rings. The van der Waals surface area contributed by atoms with Crippen LogP contribution in [-0.4, -0.2) is 11.4 Å². The van der Waals surface area contributed by atoms with Crippen LogP contribution in [0.5, 0.6) is 0 Å². The van der Waals surface area contributed by atoms with Crippen molar-refractivity contribution in [3.05, 3.63) is 0 Å². The van der Waals surface area contributed by atoms with Crippen molar-refractivity contribution >= 4 is 25.4 Å². The average molecular weight is 324 g/mol. The molecule has 0 atom stereocenters.